The highest BCUT2D eigenvalue weighted by Crippen LogP contribution is 2.09. The highest BCUT2D eigenvalue weighted by atomic mass is 19.1. The van der Waals surface area contributed by atoms with Gasteiger partial charge in [0.2, 0.25) is 0 Å². The monoisotopic (exact) mass is 151 g/mol. The summed E-state index contributed by atoms with van der Waals surface area (Å²) in [6.45, 7) is 2.54. The van der Waals surface area contributed by atoms with E-state index in [0.29, 0.717) is 6.29 Å². The van der Waals surface area contributed by atoms with E-state index in [1.54, 1.807) is 0 Å². The molecule has 0 heterocycles. The molecule has 0 radical (unpaired) electrons. The van der Waals surface area contributed by atoms with Gasteiger partial charge in [0, 0.05) is 7.11 Å². The lowest BCUT2D eigenvalue weighted by Crippen LogP contribution is -2.40. The van der Waals surface area contributed by atoms with Gasteiger partial charge in [0.15, 0.2) is 0 Å². The van der Waals surface area contributed by atoms with Crippen LogP contribution in [0.25, 0.3) is 0 Å². The first-order valence-corrected chi connectivity index (χ1v) is 2.83. The summed E-state index contributed by atoms with van der Waals surface area (Å²) in [7, 11) is 1.00. The Morgan fingerprint density at radius 3 is 1.90 bits per heavy atom. The van der Waals surface area contributed by atoms with Gasteiger partial charge in [-0.15, -0.1) is 0 Å². The molecular weight excluding hydrogens is 137 g/mol. The number of hydrogen-bond acceptors (Lipinski definition) is 3. The van der Waals surface area contributed by atoms with Crippen LogP contribution in [-0.4, -0.2) is 30.2 Å². The predicted molar refractivity (Wildman–Crippen MR) is 37.4 cm³/mol. The largest absolute Gasteiger partial charge is 0.400 e. The zero-order chi connectivity index (χ0) is 8.78. The molecule has 62 valence electrons. The summed E-state index contributed by atoms with van der Waals surface area (Å²) in [4.78, 5) is 9.79. The summed E-state index contributed by atoms with van der Waals surface area (Å²) in [5.41, 5.74) is 3.43. The lowest BCUT2D eigenvalue weighted by atomic mass is 10.0. The number of carbonyl (C=O) groups is 1. The van der Waals surface area contributed by atoms with Gasteiger partial charge >= 0.3 is 0 Å². The SMILES string of the molecule is CC(C)(F)C(N)C=O.CO. The Labute approximate surface area is 60.0 Å². The van der Waals surface area contributed by atoms with Gasteiger partial charge in [0.05, 0.1) is 6.04 Å². The van der Waals surface area contributed by atoms with Crippen molar-refractivity contribution in [3.05, 3.63) is 0 Å². The van der Waals surface area contributed by atoms with Crippen molar-refractivity contribution in [1.29, 1.82) is 0 Å². The van der Waals surface area contributed by atoms with Crippen molar-refractivity contribution < 1.29 is 14.3 Å². The first-order chi connectivity index (χ1) is 4.48. The summed E-state index contributed by atoms with van der Waals surface area (Å²) in [6, 6.07) is -0.998. The van der Waals surface area contributed by atoms with Gasteiger partial charge in [0.1, 0.15) is 12.0 Å². The summed E-state index contributed by atoms with van der Waals surface area (Å²) in [5.74, 6) is 0. The zero-order valence-corrected chi connectivity index (χ0v) is 6.47. The van der Waals surface area contributed by atoms with E-state index in [1.165, 1.54) is 13.8 Å². The van der Waals surface area contributed by atoms with Gasteiger partial charge < -0.3 is 15.6 Å². The molecule has 1 unspecified atom stereocenters. The fourth-order valence-electron chi connectivity index (χ4n) is 0.162. The van der Waals surface area contributed by atoms with Crippen molar-refractivity contribution in [3.8, 4) is 0 Å². The number of aliphatic hydroxyl groups is 1. The fraction of sp³-hybridized carbons (Fsp3) is 0.833. The van der Waals surface area contributed by atoms with Crippen molar-refractivity contribution in [2.45, 2.75) is 25.6 Å². The normalized spacial score (nSPS) is 13.0. The molecule has 0 bridgehead atoms. The molecule has 0 aliphatic rings. The van der Waals surface area contributed by atoms with Gasteiger partial charge in [0.25, 0.3) is 0 Å². The van der Waals surface area contributed by atoms with E-state index < -0.39 is 11.7 Å². The molecule has 4 heteroatoms. The lowest BCUT2D eigenvalue weighted by molar-refractivity contribution is -0.111. The van der Waals surface area contributed by atoms with E-state index in [2.05, 4.69) is 0 Å². The molecule has 3 nitrogen and oxygen atoms in total. The average molecular weight is 151 g/mol. The number of aliphatic hydroxyl groups excluding tert-OH is 1. The first kappa shape index (κ1) is 12.2. The molecule has 0 amide bonds. The van der Waals surface area contributed by atoms with Crippen molar-refractivity contribution in [2.24, 2.45) is 5.73 Å². The molecule has 0 aromatic rings. The van der Waals surface area contributed by atoms with Crippen LogP contribution in [0.2, 0.25) is 0 Å². The maximum absolute atomic E-state index is 12.4. The molecule has 1 atom stereocenters. The summed E-state index contributed by atoms with van der Waals surface area (Å²) in [5, 5.41) is 7.00. The van der Waals surface area contributed by atoms with Crippen molar-refractivity contribution in [2.75, 3.05) is 7.11 Å². The average Bonchev–Trinajstić information content (AvgIpc) is 1.89. The number of rotatable bonds is 2. The lowest BCUT2D eigenvalue weighted by Gasteiger charge is -2.16. The van der Waals surface area contributed by atoms with Crippen LogP contribution in [0, 0.1) is 0 Å². The first-order valence-electron chi connectivity index (χ1n) is 2.83. The van der Waals surface area contributed by atoms with E-state index in [1.807, 2.05) is 0 Å². The van der Waals surface area contributed by atoms with Gasteiger partial charge in [-0.2, -0.15) is 0 Å². The molecule has 0 saturated heterocycles. The third-order valence-corrected chi connectivity index (χ3v) is 0.939. The van der Waals surface area contributed by atoms with E-state index in [9.17, 15) is 9.18 Å². The second-order valence-corrected chi connectivity index (χ2v) is 2.23. The smallest absolute Gasteiger partial charge is 0.139 e. The quantitative estimate of drug-likeness (QED) is 0.540. The van der Waals surface area contributed by atoms with E-state index in [0.717, 1.165) is 7.11 Å². The molecule has 0 rings (SSSR count). The maximum Gasteiger partial charge on any atom is 0.139 e. The number of carbonyl (C=O) groups excluding carboxylic acids is 1. The molecule has 0 aliphatic carbocycles. The van der Waals surface area contributed by atoms with Gasteiger partial charge in [-0.3, -0.25) is 0 Å². The summed E-state index contributed by atoms with van der Waals surface area (Å²) < 4.78 is 12.4. The fourth-order valence-corrected chi connectivity index (χ4v) is 0.162. The van der Waals surface area contributed by atoms with Crippen molar-refractivity contribution >= 4 is 6.29 Å². The van der Waals surface area contributed by atoms with Crippen molar-refractivity contribution in [3.63, 3.8) is 0 Å². The number of alkyl halides is 1. The Morgan fingerprint density at radius 2 is 1.90 bits per heavy atom. The summed E-state index contributed by atoms with van der Waals surface area (Å²) in [6.07, 6.45) is 0.403. The molecule has 0 aliphatic heterocycles. The minimum Gasteiger partial charge on any atom is -0.400 e. The van der Waals surface area contributed by atoms with Crippen LogP contribution in [0.4, 0.5) is 4.39 Å². The molecule has 0 aromatic carbocycles. The molecule has 3 N–H and O–H groups in total. The minimum absolute atomic E-state index is 0.403. The van der Waals surface area contributed by atoms with Crippen LogP contribution >= 0.6 is 0 Å². The maximum atomic E-state index is 12.4. The van der Waals surface area contributed by atoms with Gasteiger partial charge in [-0.1, -0.05) is 0 Å². The third-order valence-electron chi connectivity index (χ3n) is 0.939. The highest BCUT2D eigenvalue weighted by molar-refractivity contribution is 5.59. The number of halogens is 1. The second kappa shape index (κ2) is 5.32. The van der Waals surface area contributed by atoms with Crippen molar-refractivity contribution in [1.82, 2.24) is 0 Å². The number of nitrogens with two attached hydrogens (primary N) is 1. The zero-order valence-electron chi connectivity index (χ0n) is 6.47. The van der Waals surface area contributed by atoms with Crippen LogP contribution < -0.4 is 5.73 Å². The Hall–Kier alpha value is -0.480. The molecule has 10 heavy (non-hydrogen) atoms. The van der Waals surface area contributed by atoms with Crippen LogP contribution in [0.3, 0.4) is 0 Å². The van der Waals surface area contributed by atoms with E-state index >= 15 is 0 Å². The van der Waals surface area contributed by atoms with Gasteiger partial charge in [-0.25, -0.2) is 4.39 Å². The molecule has 0 spiro atoms. The second-order valence-electron chi connectivity index (χ2n) is 2.23. The van der Waals surface area contributed by atoms with Gasteiger partial charge in [-0.05, 0) is 13.8 Å². The molecular formula is C6H14FNO2. The molecule has 0 fully saturated rings. The van der Waals surface area contributed by atoms with Crippen LogP contribution in [0.5, 0.6) is 0 Å². The van der Waals surface area contributed by atoms with Crippen LogP contribution in [0.15, 0.2) is 0 Å². The molecule has 0 saturated carbocycles. The number of hydrogen-bond donors (Lipinski definition) is 2. The molecule has 0 aromatic heterocycles. The third kappa shape index (κ3) is 5.65. The van der Waals surface area contributed by atoms with Crippen LogP contribution in [-0.2, 0) is 4.79 Å². The summed E-state index contributed by atoms with van der Waals surface area (Å²) >= 11 is 0. The topological polar surface area (TPSA) is 63.3 Å². The number of aldehydes is 1. The Balaban J connectivity index is 0. The predicted octanol–water partition coefficient (Wildman–Crippen LogP) is -0.131. The Morgan fingerprint density at radius 1 is 1.60 bits per heavy atom. The minimum atomic E-state index is -1.58. The van der Waals surface area contributed by atoms with E-state index in [4.69, 9.17) is 10.8 Å². The highest BCUT2D eigenvalue weighted by Gasteiger charge is 2.24. The Kier molecular flexibility index (Phi) is 6.50. The Bertz CT molecular complexity index is 90.2. The standard InChI is InChI=1S/C5H10FNO.CH4O/c1-5(2,6)4(7)3-8;1-2/h3-4H,7H2,1-2H3;2H,1H3. The van der Waals surface area contributed by atoms with E-state index in [-0.39, 0.29) is 0 Å². The van der Waals surface area contributed by atoms with Crippen LogP contribution in [0.1, 0.15) is 13.8 Å².